The maximum Gasteiger partial charge on any atom is 0.231 e. The molecule has 4 nitrogen and oxygen atoms in total. The Kier molecular flexibility index (Phi) is 6.59. The molecule has 0 N–H and O–H groups in total. The van der Waals surface area contributed by atoms with E-state index in [4.69, 9.17) is 9.97 Å². The van der Waals surface area contributed by atoms with Crippen LogP contribution in [0.5, 0.6) is 0 Å². The topological polar surface area (TPSA) is 34.0 Å². The second-order valence-electron chi connectivity index (χ2n) is 13.0. The van der Waals surface area contributed by atoms with Gasteiger partial charge in [0.05, 0.1) is 28.5 Å². The van der Waals surface area contributed by atoms with E-state index >= 15 is 0 Å². The van der Waals surface area contributed by atoms with Gasteiger partial charge in [0, 0.05) is 39.2 Å². The van der Waals surface area contributed by atoms with Gasteiger partial charge in [0.1, 0.15) is 0 Å². The molecular weight excluding hydrogens is 609 g/mol. The summed E-state index contributed by atoms with van der Waals surface area (Å²) in [7, 11) is 0. The molecule has 1 aliphatic heterocycles. The van der Waals surface area contributed by atoms with E-state index in [0.717, 1.165) is 39.5 Å². The molecule has 0 bridgehead atoms. The van der Waals surface area contributed by atoms with E-state index in [2.05, 4.69) is 185 Å². The number of aromatic nitrogens is 3. The average molecular weight is 641 g/mol. The molecule has 0 saturated heterocycles. The molecule has 0 saturated carbocycles. The third kappa shape index (κ3) is 4.61. The van der Waals surface area contributed by atoms with E-state index in [1.54, 1.807) is 0 Å². The van der Waals surface area contributed by atoms with Gasteiger partial charge in [-0.1, -0.05) is 140 Å². The molecule has 4 heteroatoms. The lowest BCUT2D eigenvalue weighted by molar-refractivity contribution is 0.730. The van der Waals surface area contributed by atoms with Gasteiger partial charge in [-0.3, -0.25) is 0 Å². The lowest BCUT2D eigenvalue weighted by atomic mass is 9.91. The number of rotatable bonds is 5. The predicted molar refractivity (Wildman–Crippen MR) is 206 cm³/mol. The molecule has 8 aromatic rings. The predicted octanol–water partition coefficient (Wildman–Crippen LogP) is 11.3. The molecule has 50 heavy (non-hydrogen) atoms. The van der Waals surface area contributed by atoms with Gasteiger partial charge in [-0.2, -0.15) is 0 Å². The highest BCUT2D eigenvalue weighted by Gasteiger charge is 2.39. The Balaban J connectivity index is 1.15. The molecule has 1 aliphatic carbocycles. The van der Waals surface area contributed by atoms with Crippen LogP contribution in [-0.2, 0) is 0 Å². The van der Waals surface area contributed by atoms with Crippen LogP contribution < -0.4 is 4.90 Å². The molecule has 10 rings (SSSR count). The van der Waals surface area contributed by atoms with Gasteiger partial charge in [0.15, 0.2) is 0 Å². The van der Waals surface area contributed by atoms with Gasteiger partial charge >= 0.3 is 0 Å². The van der Waals surface area contributed by atoms with Crippen LogP contribution in [0.15, 0.2) is 182 Å². The van der Waals surface area contributed by atoms with Crippen LogP contribution in [0.4, 0.5) is 11.6 Å². The number of benzene rings is 6. The zero-order valence-corrected chi connectivity index (χ0v) is 27.3. The summed E-state index contributed by atoms with van der Waals surface area (Å²) in [5, 5.41) is 2.53. The summed E-state index contributed by atoms with van der Waals surface area (Å²) in [4.78, 5) is 13.0. The summed E-state index contributed by atoms with van der Waals surface area (Å²) >= 11 is 0. The molecule has 2 unspecified atom stereocenters. The number of anilines is 2. The van der Waals surface area contributed by atoms with E-state index in [1.165, 1.54) is 32.9 Å². The second kappa shape index (κ2) is 11.6. The van der Waals surface area contributed by atoms with Gasteiger partial charge in [0.2, 0.25) is 5.95 Å². The van der Waals surface area contributed by atoms with Crippen LogP contribution in [0.25, 0.3) is 61.1 Å². The number of hydrogen-bond acceptors (Lipinski definition) is 3. The molecule has 2 aliphatic rings. The number of para-hydroxylation sites is 2. The molecule has 2 atom stereocenters. The highest BCUT2D eigenvalue weighted by Crippen LogP contribution is 2.48. The Bertz CT molecular complexity index is 2560. The van der Waals surface area contributed by atoms with E-state index in [0.29, 0.717) is 5.95 Å². The summed E-state index contributed by atoms with van der Waals surface area (Å²) in [6.45, 7) is 0. The first-order valence-electron chi connectivity index (χ1n) is 17.2. The van der Waals surface area contributed by atoms with Crippen LogP contribution in [0.1, 0.15) is 11.5 Å². The lowest BCUT2D eigenvalue weighted by Gasteiger charge is -2.27. The summed E-state index contributed by atoms with van der Waals surface area (Å²) in [6.07, 6.45) is 8.94. The lowest BCUT2D eigenvalue weighted by Crippen LogP contribution is -2.30. The first-order valence-corrected chi connectivity index (χ1v) is 17.2. The number of hydrogen-bond donors (Lipinski definition) is 0. The Morgan fingerprint density at radius 2 is 1.06 bits per heavy atom. The zero-order chi connectivity index (χ0) is 33.0. The van der Waals surface area contributed by atoms with Crippen molar-refractivity contribution in [2.75, 3.05) is 4.90 Å². The highest BCUT2D eigenvalue weighted by molar-refractivity contribution is 6.09. The maximum absolute atomic E-state index is 5.34. The zero-order valence-electron chi connectivity index (χ0n) is 27.3. The first-order chi connectivity index (χ1) is 24.8. The fourth-order valence-corrected chi connectivity index (χ4v) is 7.84. The van der Waals surface area contributed by atoms with Crippen LogP contribution in [0.2, 0.25) is 0 Å². The van der Waals surface area contributed by atoms with Crippen molar-refractivity contribution in [3.63, 3.8) is 0 Å². The summed E-state index contributed by atoms with van der Waals surface area (Å²) in [5.74, 6) is 0.863. The van der Waals surface area contributed by atoms with Gasteiger partial charge in [-0.25, -0.2) is 9.97 Å². The first kappa shape index (κ1) is 28.5. The molecule has 0 spiro atoms. The molecule has 2 aromatic heterocycles. The van der Waals surface area contributed by atoms with Crippen molar-refractivity contribution in [2.24, 2.45) is 0 Å². The minimum Gasteiger partial charge on any atom is -0.309 e. The normalized spacial score (nSPS) is 16.2. The number of allylic oxidation sites excluding steroid dienone is 2. The van der Waals surface area contributed by atoms with E-state index in [-0.39, 0.29) is 12.0 Å². The SMILES string of the molecule is C1=CC2c3cc(-n4c5ccccc5c5ccccc54)ccc3N(c3nc(-c4ccccc4)cc(-c4cccc(-c5ccccc5)c4)n3)C2C=C1. The molecule has 0 fully saturated rings. The Morgan fingerprint density at radius 3 is 1.80 bits per heavy atom. The number of fused-ring (bicyclic) bond motifs is 6. The van der Waals surface area contributed by atoms with Crippen molar-refractivity contribution >= 4 is 33.4 Å². The molecule has 0 amide bonds. The number of nitrogens with zero attached hydrogens (tertiary/aromatic N) is 4. The summed E-state index contributed by atoms with van der Waals surface area (Å²) < 4.78 is 2.40. The van der Waals surface area contributed by atoms with Crippen LogP contribution in [0, 0.1) is 0 Å². The minimum absolute atomic E-state index is 0.0536. The van der Waals surface area contributed by atoms with Crippen molar-refractivity contribution in [1.29, 1.82) is 0 Å². The Morgan fingerprint density at radius 1 is 0.460 bits per heavy atom. The van der Waals surface area contributed by atoms with Crippen molar-refractivity contribution in [3.05, 3.63) is 188 Å². The Labute approximate surface area is 290 Å². The third-order valence-electron chi connectivity index (χ3n) is 10.1. The van der Waals surface area contributed by atoms with Crippen LogP contribution >= 0.6 is 0 Å². The van der Waals surface area contributed by atoms with Crippen molar-refractivity contribution < 1.29 is 0 Å². The molecular formula is C46H32N4. The van der Waals surface area contributed by atoms with Crippen molar-refractivity contribution in [1.82, 2.24) is 14.5 Å². The Hall–Kier alpha value is -6.52. The standard InChI is InChI=1S/C46H32N4/c1-3-14-31(15-4-1)33-18-13-19-34(28-33)41-30-40(32-16-5-2-6-17-32)47-46(48-41)50-44-25-12-9-22-38(44)39-29-35(26-27-45(39)50)49-42-23-10-7-20-36(42)37-21-8-11-24-43(37)49/h1-30,38,44H. The van der Waals surface area contributed by atoms with Gasteiger partial charge in [-0.05, 0) is 59.2 Å². The monoisotopic (exact) mass is 640 g/mol. The fourth-order valence-electron chi connectivity index (χ4n) is 7.84. The van der Waals surface area contributed by atoms with E-state index in [1.807, 2.05) is 6.07 Å². The summed E-state index contributed by atoms with van der Waals surface area (Å²) in [5.41, 5.74) is 12.2. The van der Waals surface area contributed by atoms with E-state index < -0.39 is 0 Å². The van der Waals surface area contributed by atoms with Crippen molar-refractivity contribution in [2.45, 2.75) is 12.0 Å². The largest absolute Gasteiger partial charge is 0.309 e. The van der Waals surface area contributed by atoms with Gasteiger partial charge in [-0.15, -0.1) is 0 Å². The quantitative estimate of drug-likeness (QED) is 0.188. The summed E-state index contributed by atoms with van der Waals surface area (Å²) in [6, 6.07) is 56.1. The smallest absolute Gasteiger partial charge is 0.231 e. The third-order valence-corrected chi connectivity index (χ3v) is 10.1. The molecule has 236 valence electrons. The van der Waals surface area contributed by atoms with Gasteiger partial charge < -0.3 is 9.47 Å². The minimum atomic E-state index is 0.0536. The molecule has 0 radical (unpaired) electrons. The van der Waals surface area contributed by atoms with Crippen LogP contribution in [0.3, 0.4) is 0 Å². The second-order valence-corrected chi connectivity index (χ2v) is 13.0. The molecule has 3 heterocycles. The molecule has 6 aromatic carbocycles. The fraction of sp³-hybridized carbons (Fsp3) is 0.0435. The average Bonchev–Trinajstić information content (AvgIpc) is 3.71. The highest BCUT2D eigenvalue weighted by atomic mass is 15.3. The van der Waals surface area contributed by atoms with Crippen LogP contribution in [-0.4, -0.2) is 20.6 Å². The van der Waals surface area contributed by atoms with Crippen molar-refractivity contribution in [3.8, 4) is 39.3 Å². The van der Waals surface area contributed by atoms with Gasteiger partial charge in [0.25, 0.3) is 0 Å². The van der Waals surface area contributed by atoms with E-state index in [9.17, 15) is 0 Å². The maximum atomic E-state index is 5.34.